The summed E-state index contributed by atoms with van der Waals surface area (Å²) in [5.41, 5.74) is 0.795. The Kier molecular flexibility index (Phi) is 6.11. The number of para-hydroxylation sites is 1. The molecule has 0 saturated carbocycles. The third-order valence-electron chi connectivity index (χ3n) is 3.47. The molecule has 5 heteroatoms. The first-order valence-electron chi connectivity index (χ1n) is 7.53. The summed E-state index contributed by atoms with van der Waals surface area (Å²) >= 11 is 0. The zero-order valence-electron chi connectivity index (χ0n) is 12.9. The Morgan fingerprint density at radius 2 is 1.83 bits per heavy atom. The van der Waals surface area contributed by atoms with Gasteiger partial charge in [-0.1, -0.05) is 49.4 Å². The van der Waals surface area contributed by atoms with Crippen molar-refractivity contribution in [1.29, 1.82) is 0 Å². The van der Waals surface area contributed by atoms with E-state index in [2.05, 4.69) is 5.32 Å². The molecular weight excluding hydrogens is 297 g/mol. The molecule has 0 fully saturated rings. The van der Waals surface area contributed by atoms with E-state index in [1.165, 1.54) is 12.1 Å². The van der Waals surface area contributed by atoms with Crippen molar-refractivity contribution in [3.05, 3.63) is 66.0 Å². The van der Waals surface area contributed by atoms with Gasteiger partial charge in [0, 0.05) is 0 Å². The van der Waals surface area contributed by atoms with E-state index in [1.807, 2.05) is 30.3 Å². The molecule has 0 aliphatic rings. The lowest BCUT2D eigenvalue weighted by Gasteiger charge is -2.22. The van der Waals surface area contributed by atoms with Gasteiger partial charge in [-0.2, -0.15) is 0 Å². The SMILES string of the molecule is CCC(Oc1ccccc1F)C(=O)N[C@H](CO)c1ccccc1. The molecular formula is C18H20FNO3. The Morgan fingerprint density at radius 3 is 2.43 bits per heavy atom. The number of halogens is 1. The van der Waals surface area contributed by atoms with Crippen molar-refractivity contribution < 1.29 is 19.0 Å². The molecule has 0 heterocycles. The molecule has 23 heavy (non-hydrogen) atoms. The van der Waals surface area contributed by atoms with Crippen LogP contribution in [0.3, 0.4) is 0 Å². The lowest BCUT2D eigenvalue weighted by Crippen LogP contribution is -2.41. The normalized spacial score (nSPS) is 13.2. The summed E-state index contributed by atoms with van der Waals surface area (Å²) in [7, 11) is 0. The molecule has 0 aliphatic carbocycles. The van der Waals surface area contributed by atoms with Crippen LogP contribution in [0.5, 0.6) is 5.75 Å². The van der Waals surface area contributed by atoms with Crippen LogP contribution in [-0.4, -0.2) is 23.7 Å². The predicted molar refractivity (Wildman–Crippen MR) is 85.5 cm³/mol. The van der Waals surface area contributed by atoms with Gasteiger partial charge in [-0.3, -0.25) is 4.79 Å². The van der Waals surface area contributed by atoms with Crippen LogP contribution in [-0.2, 0) is 4.79 Å². The zero-order valence-corrected chi connectivity index (χ0v) is 12.9. The van der Waals surface area contributed by atoms with E-state index in [0.717, 1.165) is 5.56 Å². The molecule has 2 aromatic carbocycles. The molecule has 122 valence electrons. The van der Waals surface area contributed by atoms with Crippen LogP contribution in [0.2, 0.25) is 0 Å². The monoisotopic (exact) mass is 317 g/mol. The van der Waals surface area contributed by atoms with Crippen molar-refractivity contribution in [3.63, 3.8) is 0 Å². The average Bonchev–Trinajstić information content (AvgIpc) is 2.59. The summed E-state index contributed by atoms with van der Waals surface area (Å²) in [6.45, 7) is 1.55. The minimum absolute atomic E-state index is 0.0368. The summed E-state index contributed by atoms with van der Waals surface area (Å²) in [5.74, 6) is -0.867. The zero-order chi connectivity index (χ0) is 16.7. The minimum Gasteiger partial charge on any atom is -0.478 e. The molecule has 2 rings (SSSR count). The maximum Gasteiger partial charge on any atom is 0.261 e. The number of hydrogen-bond acceptors (Lipinski definition) is 3. The number of rotatable bonds is 7. The number of carbonyl (C=O) groups is 1. The van der Waals surface area contributed by atoms with Crippen molar-refractivity contribution in [3.8, 4) is 5.75 Å². The van der Waals surface area contributed by atoms with Crippen molar-refractivity contribution in [2.24, 2.45) is 0 Å². The quantitative estimate of drug-likeness (QED) is 0.825. The fourth-order valence-electron chi connectivity index (χ4n) is 2.20. The molecule has 1 unspecified atom stereocenters. The van der Waals surface area contributed by atoms with E-state index in [4.69, 9.17) is 4.74 Å². The minimum atomic E-state index is -0.829. The molecule has 0 saturated heterocycles. The largest absolute Gasteiger partial charge is 0.478 e. The van der Waals surface area contributed by atoms with Crippen LogP contribution in [0, 0.1) is 5.82 Å². The van der Waals surface area contributed by atoms with Crippen molar-refractivity contribution in [2.45, 2.75) is 25.5 Å². The highest BCUT2D eigenvalue weighted by molar-refractivity contribution is 5.81. The number of hydrogen-bond donors (Lipinski definition) is 2. The molecule has 0 aromatic heterocycles. The Bertz CT molecular complexity index is 633. The Morgan fingerprint density at radius 1 is 1.17 bits per heavy atom. The van der Waals surface area contributed by atoms with Gasteiger partial charge in [-0.05, 0) is 24.1 Å². The smallest absolute Gasteiger partial charge is 0.261 e. The second kappa shape index (κ2) is 8.29. The molecule has 0 aliphatic heterocycles. The molecule has 2 atom stereocenters. The summed E-state index contributed by atoms with van der Waals surface area (Å²) in [6.07, 6.45) is -0.447. The highest BCUT2D eigenvalue weighted by atomic mass is 19.1. The van der Waals surface area contributed by atoms with Crippen LogP contribution in [0.1, 0.15) is 24.9 Å². The van der Waals surface area contributed by atoms with Crippen molar-refractivity contribution >= 4 is 5.91 Å². The number of nitrogens with one attached hydrogen (secondary N) is 1. The number of carbonyl (C=O) groups excluding carboxylic acids is 1. The van der Waals surface area contributed by atoms with Gasteiger partial charge in [0.05, 0.1) is 12.6 Å². The van der Waals surface area contributed by atoms with Crippen LogP contribution in [0.15, 0.2) is 54.6 Å². The highest BCUT2D eigenvalue weighted by Gasteiger charge is 2.23. The van der Waals surface area contributed by atoms with Gasteiger partial charge in [0.2, 0.25) is 0 Å². The van der Waals surface area contributed by atoms with Gasteiger partial charge in [0.25, 0.3) is 5.91 Å². The first kappa shape index (κ1) is 17.0. The molecule has 0 bridgehead atoms. The number of ether oxygens (including phenoxy) is 1. The van der Waals surface area contributed by atoms with E-state index in [1.54, 1.807) is 19.1 Å². The molecule has 1 amide bonds. The molecule has 0 spiro atoms. The Balaban J connectivity index is 2.06. The van der Waals surface area contributed by atoms with Crippen LogP contribution in [0.4, 0.5) is 4.39 Å². The summed E-state index contributed by atoms with van der Waals surface area (Å²) in [6, 6.07) is 14.6. The fourth-order valence-corrected chi connectivity index (χ4v) is 2.20. The van der Waals surface area contributed by atoms with Gasteiger partial charge in [0.15, 0.2) is 17.7 Å². The van der Waals surface area contributed by atoms with E-state index in [9.17, 15) is 14.3 Å². The van der Waals surface area contributed by atoms with Crippen molar-refractivity contribution in [2.75, 3.05) is 6.61 Å². The number of aliphatic hydroxyl groups excluding tert-OH is 1. The van der Waals surface area contributed by atoms with Gasteiger partial charge in [0.1, 0.15) is 0 Å². The Hall–Kier alpha value is -2.40. The van der Waals surface area contributed by atoms with Gasteiger partial charge < -0.3 is 15.2 Å². The van der Waals surface area contributed by atoms with Crippen LogP contribution >= 0.6 is 0 Å². The first-order valence-corrected chi connectivity index (χ1v) is 7.53. The topological polar surface area (TPSA) is 58.6 Å². The Labute approximate surface area is 134 Å². The molecule has 4 nitrogen and oxygen atoms in total. The maximum atomic E-state index is 13.6. The van der Waals surface area contributed by atoms with Gasteiger partial charge >= 0.3 is 0 Å². The standard InChI is InChI=1S/C18H20FNO3/c1-2-16(23-17-11-7-6-10-14(17)19)18(22)20-15(12-21)13-8-4-3-5-9-13/h3-11,15-16,21H,2,12H2,1H3,(H,20,22)/t15-,16?/m1/s1. The van der Waals surface area contributed by atoms with Crippen LogP contribution in [0.25, 0.3) is 0 Å². The van der Waals surface area contributed by atoms with E-state index >= 15 is 0 Å². The predicted octanol–water partition coefficient (Wildman–Crippen LogP) is 2.83. The van der Waals surface area contributed by atoms with Gasteiger partial charge in [-0.25, -0.2) is 4.39 Å². The van der Waals surface area contributed by atoms with Gasteiger partial charge in [-0.15, -0.1) is 0 Å². The molecule has 0 radical (unpaired) electrons. The third kappa shape index (κ3) is 4.53. The van der Waals surface area contributed by atoms with E-state index in [0.29, 0.717) is 6.42 Å². The summed E-state index contributed by atoms with van der Waals surface area (Å²) < 4.78 is 19.1. The third-order valence-corrected chi connectivity index (χ3v) is 3.47. The lowest BCUT2D eigenvalue weighted by molar-refractivity contribution is -0.129. The summed E-state index contributed by atoms with van der Waals surface area (Å²) in [4.78, 5) is 12.4. The average molecular weight is 317 g/mol. The van der Waals surface area contributed by atoms with E-state index in [-0.39, 0.29) is 12.4 Å². The fraction of sp³-hybridized carbons (Fsp3) is 0.278. The maximum absolute atomic E-state index is 13.6. The van der Waals surface area contributed by atoms with E-state index < -0.39 is 23.9 Å². The first-order chi connectivity index (χ1) is 11.2. The lowest BCUT2D eigenvalue weighted by atomic mass is 10.1. The number of amides is 1. The van der Waals surface area contributed by atoms with Crippen molar-refractivity contribution in [1.82, 2.24) is 5.32 Å². The number of benzene rings is 2. The van der Waals surface area contributed by atoms with Crippen LogP contribution < -0.4 is 10.1 Å². The highest BCUT2D eigenvalue weighted by Crippen LogP contribution is 2.19. The second-order valence-corrected chi connectivity index (χ2v) is 5.10. The molecule has 2 N–H and O–H groups in total. The second-order valence-electron chi connectivity index (χ2n) is 5.10. The summed E-state index contributed by atoms with van der Waals surface area (Å²) in [5, 5.41) is 12.2. The molecule has 2 aromatic rings. The number of aliphatic hydroxyl groups is 1.